The maximum atomic E-state index is 13.2. The van der Waals surface area contributed by atoms with Gasteiger partial charge in [0.15, 0.2) is 0 Å². The van der Waals surface area contributed by atoms with Crippen molar-refractivity contribution in [2.45, 2.75) is 57.5 Å². The zero-order valence-corrected chi connectivity index (χ0v) is 14.3. The SMILES string of the molecule is Cc1nc(-c2ccccc2)sc1C(=O)N(C1CCCC1)C1CC1. The zero-order valence-electron chi connectivity index (χ0n) is 13.5. The van der Waals surface area contributed by atoms with Gasteiger partial charge in [0.05, 0.1) is 5.69 Å². The van der Waals surface area contributed by atoms with Crippen LogP contribution in [-0.2, 0) is 0 Å². The molecule has 1 aromatic carbocycles. The molecule has 0 aliphatic heterocycles. The van der Waals surface area contributed by atoms with E-state index in [1.807, 2.05) is 25.1 Å². The Bertz CT molecular complexity index is 699. The summed E-state index contributed by atoms with van der Waals surface area (Å²) in [5, 5.41) is 0.952. The number of hydrogen-bond acceptors (Lipinski definition) is 3. The topological polar surface area (TPSA) is 33.2 Å². The van der Waals surface area contributed by atoms with E-state index in [-0.39, 0.29) is 5.91 Å². The van der Waals surface area contributed by atoms with E-state index in [9.17, 15) is 4.79 Å². The largest absolute Gasteiger partial charge is 0.332 e. The first-order valence-electron chi connectivity index (χ1n) is 8.59. The number of aryl methyl sites for hydroxylation is 1. The minimum atomic E-state index is 0.219. The lowest BCUT2D eigenvalue weighted by molar-refractivity contribution is 0.0668. The van der Waals surface area contributed by atoms with Gasteiger partial charge >= 0.3 is 0 Å². The van der Waals surface area contributed by atoms with E-state index in [2.05, 4.69) is 22.0 Å². The molecule has 1 amide bonds. The van der Waals surface area contributed by atoms with Crippen molar-refractivity contribution >= 4 is 17.2 Å². The molecule has 0 spiro atoms. The number of amides is 1. The van der Waals surface area contributed by atoms with Crippen molar-refractivity contribution in [3.05, 3.63) is 40.9 Å². The van der Waals surface area contributed by atoms with Crippen molar-refractivity contribution < 1.29 is 4.79 Å². The molecule has 0 radical (unpaired) electrons. The number of thiazole rings is 1. The van der Waals surface area contributed by atoms with Gasteiger partial charge in [0.1, 0.15) is 9.88 Å². The van der Waals surface area contributed by atoms with Crippen molar-refractivity contribution in [1.29, 1.82) is 0 Å². The predicted octanol–water partition coefficient (Wildman–Crippen LogP) is 4.67. The van der Waals surface area contributed by atoms with Gasteiger partial charge in [-0.2, -0.15) is 0 Å². The summed E-state index contributed by atoms with van der Waals surface area (Å²) in [6.07, 6.45) is 7.21. The van der Waals surface area contributed by atoms with E-state index >= 15 is 0 Å². The Morgan fingerprint density at radius 3 is 2.39 bits per heavy atom. The summed E-state index contributed by atoms with van der Waals surface area (Å²) >= 11 is 1.55. The van der Waals surface area contributed by atoms with Crippen LogP contribution in [0.2, 0.25) is 0 Å². The molecule has 2 fully saturated rings. The molecular weight excluding hydrogens is 304 g/mol. The third-order valence-electron chi connectivity index (χ3n) is 4.90. The first-order valence-corrected chi connectivity index (χ1v) is 9.41. The summed E-state index contributed by atoms with van der Waals surface area (Å²) in [4.78, 5) is 20.9. The lowest BCUT2D eigenvalue weighted by Crippen LogP contribution is -2.40. The van der Waals surface area contributed by atoms with Crippen LogP contribution in [0, 0.1) is 6.92 Å². The van der Waals surface area contributed by atoms with Crippen molar-refractivity contribution in [2.24, 2.45) is 0 Å². The smallest absolute Gasteiger partial charge is 0.266 e. The minimum absolute atomic E-state index is 0.219. The second-order valence-corrected chi connectivity index (χ2v) is 7.68. The van der Waals surface area contributed by atoms with Gasteiger partial charge in [0, 0.05) is 17.6 Å². The number of aromatic nitrogens is 1. The van der Waals surface area contributed by atoms with E-state index in [4.69, 9.17) is 0 Å². The molecule has 0 N–H and O–H groups in total. The molecule has 1 heterocycles. The van der Waals surface area contributed by atoms with Gasteiger partial charge < -0.3 is 4.90 Å². The molecule has 2 aliphatic carbocycles. The van der Waals surface area contributed by atoms with E-state index in [0.717, 1.165) is 21.1 Å². The quantitative estimate of drug-likeness (QED) is 0.818. The lowest BCUT2D eigenvalue weighted by atomic mass is 10.2. The van der Waals surface area contributed by atoms with Gasteiger partial charge in [-0.1, -0.05) is 43.2 Å². The molecule has 2 saturated carbocycles. The Morgan fingerprint density at radius 2 is 1.74 bits per heavy atom. The highest BCUT2D eigenvalue weighted by atomic mass is 32.1. The van der Waals surface area contributed by atoms with Crippen LogP contribution in [0.1, 0.15) is 53.9 Å². The summed E-state index contributed by atoms with van der Waals surface area (Å²) < 4.78 is 0. The summed E-state index contributed by atoms with van der Waals surface area (Å²) in [7, 11) is 0. The predicted molar refractivity (Wildman–Crippen MR) is 93.7 cm³/mol. The third kappa shape index (κ3) is 2.92. The molecule has 0 unspecified atom stereocenters. The third-order valence-corrected chi connectivity index (χ3v) is 6.10. The van der Waals surface area contributed by atoms with Crippen LogP contribution < -0.4 is 0 Å². The minimum Gasteiger partial charge on any atom is -0.332 e. The monoisotopic (exact) mass is 326 g/mol. The molecule has 0 saturated heterocycles. The maximum absolute atomic E-state index is 13.2. The molecule has 4 heteroatoms. The van der Waals surface area contributed by atoms with Crippen LogP contribution in [0.25, 0.3) is 10.6 Å². The maximum Gasteiger partial charge on any atom is 0.266 e. The van der Waals surface area contributed by atoms with Gasteiger partial charge in [0.2, 0.25) is 0 Å². The fourth-order valence-corrected chi connectivity index (χ4v) is 4.60. The number of carbonyl (C=O) groups excluding carboxylic acids is 1. The molecule has 1 aromatic heterocycles. The molecule has 2 aromatic rings. The van der Waals surface area contributed by atoms with Crippen LogP contribution in [0.15, 0.2) is 30.3 Å². The van der Waals surface area contributed by atoms with Crippen molar-refractivity contribution in [1.82, 2.24) is 9.88 Å². The Morgan fingerprint density at radius 1 is 1.09 bits per heavy atom. The van der Waals surface area contributed by atoms with Crippen LogP contribution in [-0.4, -0.2) is 27.9 Å². The van der Waals surface area contributed by atoms with E-state index in [1.165, 1.54) is 38.5 Å². The summed E-state index contributed by atoms with van der Waals surface area (Å²) in [6.45, 7) is 1.97. The molecule has 2 aliphatic rings. The number of rotatable bonds is 4. The first-order chi connectivity index (χ1) is 11.2. The van der Waals surface area contributed by atoms with Crippen LogP contribution >= 0.6 is 11.3 Å². The van der Waals surface area contributed by atoms with Gasteiger partial charge in [-0.05, 0) is 32.6 Å². The molecule has 120 valence electrons. The van der Waals surface area contributed by atoms with Crippen LogP contribution in [0.4, 0.5) is 0 Å². The second-order valence-electron chi connectivity index (χ2n) is 6.68. The van der Waals surface area contributed by atoms with E-state index in [0.29, 0.717) is 12.1 Å². The van der Waals surface area contributed by atoms with Crippen molar-refractivity contribution in [3.63, 3.8) is 0 Å². The summed E-state index contributed by atoms with van der Waals surface area (Å²) in [6, 6.07) is 11.1. The van der Waals surface area contributed by atoms with E-state index in [1.54, 1.807) is 11.3 Å². The summed E-state index contributed by atoms with van der Waals surface area (Å²) in [5.41, 5.74) is 1.97. The van der Waals surface area contributed by atoms with Gasteiger partial charge in [-0.15, -0.1) is 11.3 Å². The molecule has 0 bridgehead atoms. The number of nitrogens with zero attached hydrogens (tertiary/aromatic N) is 2. The van der Waals surface area contributed by atoms with Gasteiger partial charge in [-0.3, -0.25) is 4.79 Å². The number of hydrogen-bond donors (Lipinski definition) is 0. The Hall–Kier alpha value is -1.68. The van der Waals surface area contributed by atoms with Crippen molar-refractivity contribution in [2.75, 3.05) is 0 Å². The van der Waals surface area contributed by atoms with E-state index < -0.39 is 0 Å². The fraction of sp³-hybridized carbons (Fsp3) is 0.474. The highest BCUT2D eigenvalue weighted by molar-refractivity contribution is 7.17. The average molecular weight is 326 g/mol. The molecular formula is C19H22N2OS. The normalized spacial score (nSPS) is 18.3. The van der Waals surface area contributed by atoms with Gasteiger partial charge in [0.25, 0.3) is 5.91 Å². The Kier molecular flexibility index (Phi) is 3.93. The molecule has 3 nitrogen and oxygen atoms in total. The van der Waals surface area contributed by atoms with Crippen LogP contribution in [0.3, 0.4) is 0 Å². The van der Waals surface area contributed by atoms with Crippen molar-refractivity contribution in [3.8, 4) is 10.6 Å². The second kappa shape index (κ2) is 6.08. The molecule has 23 heavy (non-hydrogen) atoms. The molecule has 0 atom stereocenters. The first kappa shape index (κ1) is 14.9. The average Bonchev–Trinajstić information content (AvgIpc) is 3.09. The lowest BCUT2D eigenvalue weighted by Gasteiger charge is -2.28. The fourth-order valence-electron chi connectivity index (χ4n) is 3.58. The Balaban J connectivity index is 1.64. The molecule has 4 rings (SSSR count). The van der Waals surface area contributed by atoms with Gasteiger partial charge in [-0.25, -0.2) is 4.98 Å². The van der Waals surface area contributed by atoms with Crippen LogP contribution in [0.5, 0.6) is 0 Å². The highest BCUT2D eigenvalue weighted by Gasteiger charge is 2.39. The highest BCUT2D eigenvalue weighted by Crippen LogP contribution is 2.37. The standard InChI is InChI=1S/C19H22N2OS/c1-13-17(23-18(20-13)14-7-3-2-4-8-14)19(22)21(16-11-12-16)15-9-5-6-10-15/h2-4,7-8,15-16H,5-6,9-12H2,1H3. The summed E-state index contributed by atoms with van der Waals surface area (Å²) in [5.74, 6) is 0.219. The number of benzene rings is 1. The Labute approximate surface area is 141 Å². The zero-order chi connectivity index (χ0) is 15.8. The number of carbonyl (C=O) groups is 1.